The van der Waals surface area contributed by atoms with Crippen molar-refractivity contribution in [2.75, 3.05) is 5.73 Å². The summed E-state index contributed by atoms with van der Waals surface area (Å²) in [4.78, 5) is 0. The third kappa shape index (κ3) is 3.21. The van der Waals surface area contributed by atoms with Crippen molar-refractivity contribution in [1.82, 2.24) is 0 Å². The molecular weight excluding hydrogens is 172 g/mol. The highest BCUT2D eigenvalue weighted by atomic mass is 14.6. The van der Waals surface area contributed by atoms with Gasteiger partial charge in [0.25, 0.3) is 0 Å². The second-order valence-electron chi connectivity index (χ2n) is 3.19. The van der Waals surface area contributed by atoms with E-state index in [1.165, 1.54) is 11.8 Å². The molecule has 0 unspecified atom stereocenters. The van der Waals surface area contributed by atoms with Crippen LogP contribution in [0.5, 0.6) is 0 Å². The third-order valence-electron chi connectivity index (χ3n) is 1.93. The fraction of sp³-hybridized carbons (Fsp3) is 0.417. The molecule has 1 aromatic rings. The van der Waals surface area contributed by atoms with Crippen LogP contribution in [0.3, 0.4) is 0 Å². The standard InChI is InChI=1S/C10H14N2.C2H6/c1-7(2)8-3-4-10(12)9(5-8)6-11;1-2/h3-7,11H,12H2,1-2H3;1-2H3. The van der Waals surface area contributed by atoms with Gasteiger partial charge in [0, 0.05) is 17.5 Å². The molecule has 1 rings (SSSR count). The van der Waals surface area contributed by atoms with Gasteiger partial charge in [-0.3, -0.25) is 0 Å². The monoisotopic (exact) mass is 192 g/mol. The average Bonchev–Trinajstić information content (AvgIpc) is 2.21. The first kappa shape index (κ1) is 12.7. The Morgan fingerprint density at radius 2 is 1.86 bits per heavy atom. The van der Waals surface area contributed by atoms with Crippen LogP contribution in [0.25, 0.3) is 0 Å². The predicted octanol–water partition coefficient (Wildman–Crippen LogP) is 3.42. The zero-order chi connectivity index (χ0) is 11.1. The summed E-state index contributed by atoms with van der Waals surface area (Å²) >= 11 is 0. The van der Waals surface area contributed by atoms with Crippen LogP contribution in [0.2, 0.25) is 0 Å². The minimum atomic E-state index is 0.490. The summed E-state index contributed by atoms with van der Waals surface area (Å²) in [6.07, 6.45) is 1.29. The summed E-state index contributed by atoms with van der Waals surface area (Å²) in [5.74, 6) is 0.490. The van der Waals surface area contributed by atoms with Gasteiger partial charge in [-0.25, -0.2) is 0 Å². The summed E-state index contributed by atoms with van der Waals surface area (Å²) in [5, 5.41) is 7.12. The SMILES string of the molecule is CC.CC(C)c1ccc(N)c(C=N)c1. The number of rotatable bonds is 2. The minimum absolute atomic E-state index is 0.490. The van der Waals surface area contributed by atoms with Gasteiger partial charge in [0.05, 0.1) is 0 Å². The first-order valence-corrected chi connectivity index (χ1v) is 5.05. The highest BCUT2D eigenvalue weighted by molar-refractivity contribution is 5.85. The predicted molar refractivity (Wildman–Crippen MR) is 64.2 cm³/mol. The second kappa shape index (κ2) is 6.19. The van der Waals surface area contributed by atoms with E-state index in [0.29, 0.717) is 11.6 Å². The molecule has 3 N–H and O–H groups in total. The largest absolute Gasteiger partial charge is 0.398 e. The van der Waals surface area contributed by atoms with Crippen molar-refractivity contribution in [3.63, 3.8) is 0 Å². The van der Waals surface area contributed by atoms with Crippen molar-refractivity contribution in [3.8, 4) is 0 Å². The molecule has 0 atom stereocenters. The molecule has 14 heavy (non-hydrogen) atoms. The number of nitrogen functional groups attached to an aromatic ring is 1. The number of nitrogens with two attached hydrogens (primary N) is 1. The minimum Gasteiger partial charge on any atom is -0.398 e. The van der Waals surface area contributed by atoms with E-state index in [1.54, 1.807) is 0 Å². The summed E-state index contributed by atoms with van der Waals surface area (Å²) in [5.41, 5.74) is 8.36. The molecule has 0 fully saturated rings. The highest BCUT2D eigenvalue weighted by Crippen LogP contribution is 2.18. The van der Waals surface area contributed by atoms with Crippen LogP contribution in [-0.2, 0) is 0 Å². The van der Waals surface area contributed by atoms with Crippen LogP contribution in [-0.4, -0.2) is 6.21 Å². The molecule has 0 saturated carbocycles. The maximum Gasteiger partial charge on any atom is 0.0403 e. The van der Waals surface area contributed by atoms with Crippen molar-refractivity contribution in [2.45, 2.75) is 33.6 Å². The van der Waals surface area contributed by atoms with Gasteiger partial charge in [-0.15, -0.1) is 0 Å². The first-order chi connectivity index (χ1) is 6.65. The number of anilines is 1. The molecule has 0 amide bonds. The number of benzene rings is 1. The molecule has 78 valence electrons. The molecule has 0 aliphatic carbocycles. The third-order valence-corrected chi connectivity index (χ3v) is 1.93. The van der Waals surface area contributed by atoms with E-state index in [4.69, 9.17) is 11.1 Å². The van der Waals surface area contributed by atoms with Crippen LogP contribution in [0, 0.1) is 5.41 Å². The smallest absolute Gasteiger partial charge is 0.0403 e. The lowest BCUT2D eigenvalue weighted by Crippen LogP contribution is -1.95. The molecular formula is C12H20N2. The number of hydrogen-bond donors (Lipinski definition) is 2. The lowest BCUT2D eigenvalue weighted by atomic mass is 10.0. The summed E-state index contributed by atoms with van der Waals surface area (Å²) in [7, 11) is 0. The highest BCUT2D eigenvalue weighted by Gasteiger charge is 2.01. The Morgan fingerprint density at radius 3 is 2.29 bits per heavy atom. The van der Waals surface area contributed by atoms with Crippen molar-refractivity contribution < 1.29 is 0 Å². The van der Waals surface area contributed by atoms with Gasteiger partial charge in [-0.05, 0) is 23.6 Å². The zero-order valence-corrected chi connectivity index (χ0v) is 9.46. The van der Waals surface area contributed by atoms with Gasteiger partial charge in [0.2, 0.25) is 0 Å². The fourth-order valence-corrected chi connectivity index (χ4v) is 1.08. The van der Waals surface area contributed by atoms with E-state index in [2.05, 4.69) is 13.8 Å². The maximum absolute atomic E-state index is 7.12. The molecule has 1 aromatic carbocycles. The number of hydrogen-bond acceptors (Lipinski definition) is 2. The topological polar surface area (TPSA) is 49.9 Å². The van der Waals surface area contributed by atoms with Gasteiger partial charge < -0.3 is 11.1 Å². The van der Waals surface area contributed by atoms with E-state index in [1.807, 2.05) is 32.0 Å². The Kier molecular flexibility index (Phi) is 5.61. The van der Waals surface area contributed by atoms with Crippen LogP contribution in [0.15, 0.2) is 18.2 Å². The number of nitrogens with one attached hydrogen (secondary N) is 1. The van der Waals surface area contributed by atoms with Crippen LogP contribution >= 0.6 is 0 Å². The molecule has 0 heterocycles. The summed E-state index contributed by atoms with van der Waals surface area (Å²) < 4.78 is 0. The molecule has 0 aliphatic heterocycles. The Balaban J connectivity index is 0.000000791. The normalized spacial score (nSPS) is 9.21. The Bertz CT molecular complexity index is 290. The average molecular weight is 192 g/mol. The van der Waals surface area contributed by atoms with Crippen molar-refractivity contribution in [1.29, 1.82) is 5.41 Å². The Morgan fingerprint density at radius 1 is 1.29 bits per heavy atom. The van der Waals surface area contributed by atoms with E-state index in [-0.39, 0.29) is 0 Å². The second-order valence-corrected chi connectivity index (χ2v) is 3.19. The molecule has 2 nitrogen and oxygen atoms in total. The quantitative estimate of drug-likeness (QED) is 0.547. The van der Waals surface area contributed by atoms with Crippen LogP contribution in [0.4, 0.5) is 5.69 Å². The summed E-state index contributed by atoms with van der Waals surface area (Å²) in [6.45, 7) is 8.25. The first-order valence-electron chi connectivity index (χ1n) is 5.05. The molecule has 0 spiro atoms. The Labute approximate surface area is 86.7 Å². The molecule has 0 aliphatic rings. The molecule has 0 radical (unpaired) electrons. The van der Waals surface area contributed by atoms with Gasteiger partial charge >= 0.3 is 0 Å². The van der Waals surface area contributed by atoms with Crippen LogP contribution < -0.4 is 5.73 Å². The maximum atomic E-state index is 7.12. The van der Waals surface area contributed by atoms with E-state index in [9.17, 15) is 0 Å². The van der Waals surface area contributed by atoms with Crippen molar-refractivity contribution in [3.05, 3.63) is 29.3 Å². The fourth-order valence-electron chi connectivity index (χ4n) is 1.08. The van der Waals surface area contributed by atoms with Gasteiger partial charge in [0.15, 0.2) is 0 Å². The van der Waals surface area contributed by atoms with Gasteiger partial charge in [-0.2, -0.15) is 0 Å². The van der Waals surface area contributed by atoms with E-state index >= 15 is 0 Å². The lowest BCUT2D eigenvalue weighted by Gasteiger charge is -2.07. The van der Waals surface area contributed by atoms with Crippen molar-refractivity contribution >= 4 is 11.9 Å². The molecule has 2 heteroatoms. The zero-order valence-electron chi connectivity index (χ0n) is 9.46. The van der Waals surface area contributed by atoms with E-state index in [0.717, 1.165) is 5.56 Å². The lowest BCUT2D eigenvalue weighted by molar-refractivity contribution is 0.867. The molecule has 0 bridgehead atoms. The van der Waals surface area contributed by atoms with Crippen molar-refractivity contribution in [2.24, 2.45) is 0 Å². The van der Waals surface area contributed by atoms with Crippen LogP contribution in [0.1, 0.15) is 44.7 Å². The van der Waals surface area contributed by atoms with E-state index < -0.39 is 0 Å². The van der Waals surface area contributed by atoms with Gasteiger partial charge in [-0.1, -0.05) is 33.8 Å². The Hall–Kier alpha value is -1.31. The molecule has 0 aromatic heterocycles. The molecule has 0 saturated heterocycles. The summed E-state index contributed by atoms with van der Waals surface area (Å²) in [6, 6.07) is 5.83. The van der Waals surface area contributed by atoms with Gasteiger partial charge in [0.1, 0.15) is 0 Å².